The molecule has 0 spiro atoms. The van der Waals surface area contributed by atoms with Gasteiger partial charge in [-0.25, -0.2) is 0 Å². The van der Waals surface area contributed by atoms with Gasteiger partial charge in [-0.15, -0.1) is 0 Å². The van der Waals surface area contributed by atoms with Crippen LogP contribution in [0, 0.1) is 5.92 Å². The monoisotopic (exact) mass is 248 g/mol. The Hall–Kier alpha value is -1.06. The molecular weight excluding hydrogens is 224 g/mol. The van der Waals surface area contributed by atoms with Gasteiger partial charge in [0.1, 0.15) is 0 Å². The van der Waals surface area contributed by atoms with Crippen molar-refractivity contribution in [2.75, 3.05) is 45.2 Å². The first-order chi connectivity index (χ1) is 8.83. The summed E-state index contributed by atoms with van der Waals surface area (Å²) in [5.41, 5.74) is 2.77. The van der Waals surface area contributed by atoms with E-state index in [1.54, 1.807) is 7.11 Å². The van der Waals surface area contributed by atoms with E-state index in [1.807, 2.05) is 0 Å². The van der Waals surface area contributed by atoms with Crippen molar-refractivity contribution in [3.63, 3.8) is 0 Å². The summed E-state index contributed by atoms with van der Waals surface area (Å²) in [6.45, 7) is 7.42. The Kier molecular flexibility index (Phi) is 5.02. The Bertz CT molecular complexity index is 367. The molecule has 0 radical (unpaired) electrons. The van der Waals surface area contributed by atoms with Gasteiger partial charge in [0.2, 0.25) is 0 Å². The van der Waals surface area contributed by atoms with Gasteiger partial charge < -0.3 is 15.0 Å². The van der Waals surface area contributed by atoms with Crippen LogP contribution in [-0.4, -0.2) is 44.8 Å². The minimum atomic E-state index is 0.705. The Labute approximate surface area is 110 Å². The molecule has 0 amide bonds. The van der Waals surface area contributed by atoms with Gasteiger partial charge in [-0.2, -0.15) is 0 Å². The summed E-state index contributed by atoms with van der Waals surface area (Å²) in [4.78, 5) is 2.48. The van der Waals surface area contributed by atoms with E-state index in [0.29, 0.717) is 5.92 Å². The number of methoxy groups -OCH3 is 1. The second kappa shape index (κ2) is 6.76. The molecule has 0 aliphatic carbocycles. The average Bonchev–Trinajstić information content (AvgIpc) is 2.43. The van der Waals surface area contributed by atoms with Crippen LogP contribution in [0.2, 0.25) is 0 Å². The van der Waals surface area contributed by atoms with Gasteiger partial charge in [-0.3, -0.25) is 0 Å². The Morgan fingerprint density at radius 2 is 2.22 bits per heavy atom. The smallest absolute Gasteiger partial charge is 0.0589 e. The molecule has 3 nitrogen and oxygen atoms in total. The van der Waals surface area contributed by atoms with Crippen molar-refractivity contribution in [2.45, 2.75) is 13.3 Å². The van der Waals surface area contributed by atoms with Crippen LogP contribution in [0.4, 0.5) is 5.69 Å². The van der Waals surface area contributed by atoms with Gasteiger partial charge in [0, 0.05) is 32.4 Å². The zero-order valence-electron chi connectivity index (χ0n) is 11.5. The quantitative estimate of drug-likeness (QED) is 0.835. The third-order valence-electron chi connectivity index (χ3n) is 3.68. The van der Waals surface area contributed by atoms with E-state index in [0.717, 1.165) is 32.8 Å². The van der Waals surface area contributed by atoms with E-state index in [2.05, 4.69) is 41.4 Å². The number of hydrogen-bond acceptors (Lipinski definition) is 3. The van der Waals surface area contributed by atoms with Crippen LogP contribution in [0.5, 0.6) is 0 Å². The molecule has 0 fully saturated rings. The molecule has 0 saturated heterocycles. The van der Waals surface area contributed by atoms with Crippen molar-refractivity contribution >= 4 is 5.69 Å². The lowest BCUT2D eigenvalue weighted by Crippen LogP contribution is -2.37. The second-order valence-electron chi connectivity index (χ2n) is 4.99. The topological polar surface area (TPSA) is 24.5 Å². The highest BCUT2D eigenvalue weighted by Crippen LogP contribution is 2.24. The predicted octanol–water partition coefficient (Wildman–Crippen LogP) is 2.24. The number of nitrogens with one attached hydrogen (secondary N) is 1. The van der Waals surface area contributed by atoms with Gasteiger partial charge in [-0.1, -0.05) is 25.1 Å². The lowest BCUT2D eigenvalue weighted by atomic mass is 9.93. The number of fused-ring (bicyclic) bond motifs is 1. The maximum absolute atomic E-state index is 5.16. The third kappa shape index (κ3) is 3.47. The zero-order valence-corrected chi connectivity index (χ0v) is 11.5. The lowest BCUT2D eigenvalue weighted by molar-refractivity contribution is 0.141. The highest BCUT2D eigenvalue weighted by Gasteiger charge is 2.19. The van der Waals surface area contributed by atoms with Crippen LogP contribution in [0.25, 0.3) is 0 Å². The largest absolute Gasteiger partial charge is 0.384 e. The fraction of sp³-hybridized carbons (Fsp3) is 0.600. The van der Waals surface area contributed by atoms with Crippen molar-refractivity contribution in [3.8, 4) is 0 Å². The van der Waals surface area contributed by atoms with E-state index in [1.165, 1.54) is 17.7 Å². The molecule has 0 bridgehead atoms. The van der Waals surface area contributed by atoms with Gasteiger partial charge >= 0.3 is 0 Å². The number of ether oxygens (including phenoxy) is 1. The molecule has 1 atom stereocenters. The van der Waals surface area contributed by atoms with Crippen LogP contribution in [-0.2, 0) is 11.2 Å². The van der Waals surface area contributed by atoms with Crippen LogP contribution >= 0.6 is 0 Å². The summed E-state index contributed by atoms with van der Waals surface area (Å²) in [6, 6.07) is 8.64. The van der Waals surface area contributed by atoms with Crippen molar-refractivity contribution in [1.82, 2.24) is 4.90 Å². The molecule has 0 saturated carbocycles. The summed E-state index contributed by atoms with van der Waals surface area (Å²) in [7, 11) is 1.77. The highest BCUT2D eigenvalue weighted by atomic mass is 16.5. The lowest BCUT2D eigenvalue weighted by Gasteiger charge is -2.30. The van der Waals surface area contributed by atoms with Crippen molar-refractivity contribution in [2.24, 2.45) is 5.92 Å². The number of rotatable bonds is 6. The molecule has 3 heteroatoms. The molecule has 1 unspecified atom stereocenters. The molecule has 100 valence electrons. The molecular formula is C15H24N2O. The van der Waals surface area contributed by atoms with Crippen molar-refractivity contribution in [3.05, 3.63) is 29.8 Å². The van der Waals surface area contributed by atoms with Gasteiger partial charge in [0.05, 0.1) is 6.61 Å². The number of benzene rings is 1. The summed E-state index contributed by atoms with van der Waals surface area (Å²) < 4.78 is 5.16. The number of hydrogen-bond donors (Lipinski definition) is 1. The molecule has 1 N–H and O–H groups in total. The minimum Gasteiger partial charge on any atom is -0.384 e. The molecule has 18 heavy (non-hydrogen) atoms. The van der Waals surface area contributed by atoms with Crippen LogP contribution < -0.4 is 5.32 Å². The molecule has 0 aromatic heterocycles. The fourth-order valence-corrected chi connectivity index (χ4v) is 2.60. The number of anilines is 1. The standard InChI is InChI=1S/C15H24N2O/c1-3-17(8-9-18-2)12-13-10-14-6-4-5-7-15(14)16-11-13/h4-7,13,16H,3,8-12H2,1-2H3. The maximum Gasteiger partial charge on any atom is 0.0589 e. The first kappa shape index (κ1) is 13.4. The first-order valence-corrected chi connectivity index (χ1v) is 6.86. The second-order valence-corrected chi connectivity index (χ2v) is 4.99. The van der Waals surface area contributed by atoms with E-state index < -0.39 is 0 Å². The normalized spacial score (nSPS) is 18.5. The van der Waals surface area contributed by atoms with Crippen LogP contribution in [0.1, 0.15) is 12.5 Å². The molecule has 1 aliphatic rings. The molecule has 1 aliphatic heterocycles. The molecule has 1 aromatic rings. The van der Waals surface area contributed by atoms with Crippen molar-refractivity contribution < 1.29 is 4.74 Å². The first-order valence-electron chi connectivity index (χ1n) is 6.86. The maximum atomic E-state index is 5.16. The van der Waals surface area contributed by atoms with Crippen LogP contribution in [0.15, 0.2) is 24.3 Å². The van der Waals surface area contributed by atoms with Gasteiger partial charge in [0.25, 0.3) is 0 Å². The van der Waals surface area contributed by atoms with Gasteiger partial charge in [-0.05, 0) is 30.5 Å². The van der Waals surface area contributed by atoms with Crippen molar-refractivity contribution in [1.29, 1.82) is 0 Å². The van der Waals surface area contributed by atoms with E-state index >= 15 is 0 Å². The molecule has 1 heterocycles. The Balaban J connectivity index is 1.88. The van der Waals surface area contributed by atoms with Gasteiger partial charge in [0.15, 0.2) is 0 Å². The number of likely N-dealkylation sites (N-methyl/N-ethyl adjacent to an activating group) is 1. The zero-order chi connectivity index (χ0) is 12.8. The number of para-hydroxylation sites is 1. The van der Waals surface area contributed by atoms with E-state index in [9.17, 15) is 0 Å². The molecule has 1 aromatic carbocycles. The predicted molar refractivity (Wildman–Crippen MR) is 76.1 cm³/mol. The third-order valence-corrected chi connectivity index (χ3v) is 3.68. The SMILES string of the molecule is CCN(CCOC)CC1CNc2ccccc2C1. The number of nitrogens with zero attached hydrogens (tertiary/aromatic N) is 1. The average molecular weight is 248 g/mol. The summed E-state index contributed by atoms with van der Waals surface area (Å²) in [5.74, 6) is 0.705. The van der Waals surface area contributed by atoms with E-state index in [-0.39, 0.29) is 0 Å². The summed E-state index contributed by atoms with van der Waals surface area (Å²) in [6.07, 6.45) is 1.19. The highest BCUT2D eigenvalue weighted by molar-refractivity contribution is 5.53. The Morgan fingerprint density at radius 1 is 1.39 bits per heavy atom. The van der Waals surface area contributed by atoms with Crippen LogP contribution in [0.3, 0.4) is 0 Å². The molecule has 2 rings (SSSR count). The summed E-state index contributed by atoms with van der Waals surface area (Å²) >= 11 is 0. The van der Waals surface area contributed by atoms with E-state index in [4.69, 9.17) is 4.74 Å². The minimum absolute atomic E-state index is 0.705. The fourth-order valence-electron chi connectivity index (χ4n) is 2.60. The summed E-state index contributed by atoms with van der Waals surface area (Å²) in [5, 5.41) is 3.54. The Morgan fingerprint density at radius 3 is 3.00 bits per heavy atom.